The molecule has 3 aromatic rings. The zero-order valence-corrected chi connectivity index (χ0v) is 25.5. The summed E-state index contributed by atoms with van der Waals surface area (Å²) in [5, 5.41) is 3.47. The Kier molecular flexibility index (Phi) is 10.3. The highest BCUT2D eigenvalue weighted by atomic mass is 35.5. The first-order chi connectivity index (χ1) is 20.1. The molecule has 1 aliphatic heterocycles. The summed E-state index contributed by atoms with van der Waals surface area (Å²) in [6, 6.07) is 20.1. The minimum atomic E-state index is -3.90. The van der Waals surface area contributed by atoms with Crippen LogP contribution in [0.4, 0.5) is 5.69 Å². The fraction of sp³-hybridized carbons (Fsp3) is 0.355. The molecule has 4 rings (SSSR count). The molecule has 42 heavy (non-hydrogen) atoms. The summed E-state index contributed by atoms with van der Waals surface area (Å²) in [6.45, 7) is 5.49. The summed E-state index contributed by atoms with van der Waals surface area (Å²) < 4.78 is 39.0. The Labute approximate surface area is 252 Å². The van der Waals surface area contributed by atoms with Crippen LogP contribution in [0.3, 0.4) is 0 Å². The van der Waals surface area contributed by atoms with Crippen LogP contribution in [0.1, 0.15) is 31.9 Å². The van der Waals surface area contributed by atoms with Crippen molar-refractivity contribution in [3.8, 4) is 11.5 Å². The van der Waals surface area contributed by atoms with E-state index in [9.17, 15) is 18.0 Å². The van der Waals surface area contributed by atoms with Crippen LogP contribution in [0, 0.1) is 0 Å². The quantitative estimate of drug-likeness (QED) is 0.324. The number of rotatable bonds is 12. The molecule has 3 aromatic carbocycles. The molecule has 0 spiro atoms. The summed E-state index contributed by atoms with van der Waals surface area (Å²) in [6.07, 6.45) is 0.239. The second-order valence-electron chi connectivity index (χ2n) is 10.3. The number of halogens is 1. The van der Waals surface area contributed by atoms with E-state index in [0.29, 0.717) is 29.7 Å². The van der Waals surface area contributed by atoms with Crippen LogP contribution >= 0.6 is 11.6 Å². The minimum Gasteiger partial charge on any atom is -0.486 e. The van der Waals surface area contributed by atoms with Gasteiger partial charge in [0.05, 0.1) is 11.4 Å². The van der Waals surface area contributed by atoms with E-state index in [1.165, 1.54) is 11.8 Å². The summed E-state index contributed by atoms with van der Waals surface area (Å²) in [4.78, 5) is 29.3. The van der Waals surface area contributed by atoms with Crippen molar-refractivity contribution in [2.24, 2.45) is 0 Å². The zero-order valence-electron chi connectivity index (χ0n) is 24.0. The molecule has 1 heterocycles. The van der Waals surface area contributed by atoms with E-state index in [1.54, 1.807) is 42.5 Å². The van der Waals surface area contributed by atoms with Crippen LogP contribution < -0.4 is 19.1 Å². The highest BCUT2D eigenvalue weighted by molar-refractivity contribution is 7.92. The number of hydrogen-bond donors (Lipinski definition) is 1. The van der Waals surface area contributed by atoms with Crippen molar-refractivity contribution in [1.82, 2.24) is 10.2 Å². The third-order valence-corrected chi connectivity index (χ3v) is 8.75. The molecular weight excluding hydrogens is 578 g/mol. The topological polar surface area (TPSA) is 105 Å². The van der Waals surface area contributed by atoms with E-state index in [0.717, 1.165) is 15.4 Å². The SMILES string of the molecule is CCS(=O)(=O)N(CC(=O)N(Cc1ccc(Cl)cc1)C(Cc1ccccc1)C(=O)NC(C)C)c1ccc2c(c1)OCCO2. The Balaban J connectivity index is 1.74. The van der Waals surface area contributed by atoms with E-state index in [2.05, 4.69) is 5.32 Å². The number of anilines is 1. The molecule has 0 aromatic heterocycles. The predicted octanol–water partition coefficient (Wildman–Crippen LogP) is 4.43. The highest BCUT2D eigenvalue weighted by Crippen LogP contribution is 2.35. The summed E-state index contributed by atoms with van der Waals surface area (Å²) in [5.74, 6) is -0.189. The Hall–Kier alpha value is -3.76. The maximum Gasteiger partial charge on any atom is 0.244 e. The number of nitrogens with zero attached hydrogens (tertiary/aromatic N) is 2. The average Bonchev–Trinajstić information content (AvgIpc) is 2.98. The Morgan fingerprint density at radius 1 is 0.929 bits per heavy atom. The smallest absolute Gasteiger partial charge is 0.244 e. The van der Waals surface area contributed by atoms with Gasteiger partial charge in [-0.2, -0.15) is 0 Å². The second-order valence-corrected chi connectivity index (χ2v) is 12.9. The predicted molar refractivity (Wildman–Crippen MR) is 163 cm³/mol. The minimum absolute atomic E-state index is 0.0696. The van der Waals surface area contributed by atoms with Crippen molar-refractivity contribution < 1.29 is 27.5 Å². The molecule has 9 nitrogen and oxygen atoms in total. The highest BCUT2D eigenvalue weighted by Gasteiger charge is 2.34. The molecule has 1 N–H and O–H groups in total. The largest absolute Gasteiger partial charge is 0.486 e. The monoisotopic (exact) mass is 613 g/mol. The fourth-order valence-electron chi connectivity index (χ4n) is 4.63. The van der Waals surface area contributed by atoms with Crippen molar-refractivity contribution >= 4 is 39.1 Å². The first-order valence-electron chi connectivity index (χ1n) is 13.9. The Morgan fingerprint density at radius 2 is 1.60 bits per heavy atom. The molecule has 0 bridgehead atoms. The summed E-state index contributed by atoms with van der Waals surface area (Å²) >= 11 is 6.10. The molecule has 1 unspecified atom stereocenters. The summed E-state index contributed by atoms with van der Waals surface area (Å²) in [5.41, 5.74) is 1.87. The normalized spacial score (nSPS) is 13.4. The third kappa shape index (κ3) is 7.95. The lowest BCUT2D eigenvalue weighted by Gasteiger charge is -2.34. The van der Waals surface area contributed by atoms with Gasteiger partial charge in [-0.3, -0.25) is 13.9 Å². The number of amides is 2. The van der Waals surface area contributed by atoms with E-state index < -0.39 is 28.5 Å². The fourth-order valence-corrected chi connectivity index (χ4v) is 5.81. The lowest BCUT2D eigenvalue weighted by Crippen LogP contribution is -2.54. The van der Waals surface area contributed by atoms with Gasteiger partial charge in [0.25, 0.3) is 0 Å². The standard InChI is InChI=1S/C31H36ClN3O6S/c1-4-42(38,39)35(26-14-15-28-29(19-26)41-17-16-40-28)21-30(36)34(20-24-10-12-25(32)13-11-24)27(31(37)33-22(2)3)18-23-8-6-5-7-9-23/h5-15,19,22,27H,4,16-18,20-21H2,1-3H3,(H,33,37). The van der Waals surface area contributed by atoms with Gasteiger partial charge in [-0.05, 0) is 56.2 Å². The van der Waals surface area contributed by atoms with Gasteiger partial charge in [-0.25, -0.2) is 8.42 Å². The Morgan fingerprint density at radius 3 is 2.24 bits per heavy atom. The van der Waals surface area contributed by atoms with Crippen molar-refractivity contribution in [3.05, 3.63) is 88.9 Å². The van der Waals surface area contributed by atoms with Gasteiger partial charge in [-0.15, -0.1) is 0 Å². The molecule has 0 radical (unpaired) electrons. The number of benzene rings is 3. The number of carbonyl (C=O) groups is 2. The average molecular weight is 614 g/mol. The van der Waals surface area contributed by atoms with Crippen LogP contribution in [0.2, 0.25) is 5.02 Å². The van der Waals surface area contributed by atoms with Crippen LogP contribution in [0.5, 0.6) is 11.5 Å². The van der Waals surface area contributed by atoms with Gasteiger partial charge in [0.15, 0.2) is 11.5 Å². The van der Waals surface area contributed by atoms with E-state index in [1.807, 2.05) is 44.2 Å². The third-order valence-electron chi connectivity index (χ3n) is 6.76. The van der Waals surface area contributed by atoms with E-state index in [4.69, 9.17) is 21.1 Å². The molecule has 2 amide bonds. The van der Waals surface area contributed by atoms with Gasteiger partial charge >= 0.3 is 0 Å². The van der Waals surface area contributed by atoms with Gasteiger partial charge < -0.3 is 19.7 Å². The van der Waals surface area contributed by atoms with E-state index >= 15 is 0 Å². The number of carbonyl (C=O) groups excluding carboxylic acids is 2. The number of fused-ring (bicyclic) bond motifs is 1. The van der Waals surface area contributed by atoms with Crippen LogP contribution in [0.25, 0.3) is 0 Å². The first-order valence-corrected chi connectivity index (χ1v) is 15.8. The van der Waals surface area contributed by atoms with Crippen molar-refractivity contribution in [1.29, 1.82) is 0 Å². The molecule has 0 aliphatic carbocycles. The maximum atomic E-state index is 14.2. The molecule has 11 heteroatoms. The molecule has 0 fully saturated rings. The van der Waals surface area contributed by atoms with Gasteiger partial charge in [0.1, 0.15) is 25.8 Å². The Bertz CT molecular complexity index is 1480. The second kappa shape index (κ2) is 13.9. The molecule has 1 atom stereocenters. The van der Waals surface area contributed by atoms with Gasteiger partial charge in [0.2, 0.25) is 21.8 Å². The molecular formula is C31H36ClN3O6S. The zero-order chi connectivity index (χ0) is 30.3. The van der Waals surface area contributed by atoms with Crippen molar-refractivity contribution in [2.75, 3.05) is 29.8 Å². The van der Waals surface area contributed by atoms with Crippen molar-refractivity contribution in [2.45, 2.75) is 45.8 Å². The van der Waals surface area contributed by atoms with Gasteiger partial charge in [-0.1, -0.05) is 54.1 Å². The lowest BCUT2D eigenvalue weighted by atomic mass is 10.0. The number of nitrogens with one attached hydrogen (secondary N) is 1. The maximum absolute atomic E-state index is 14.2. The number of hydrogen-bond acceptors (Lipinski definition) is 6. The number of sulfonamides is 1. The lowest BCUT2D eigenvalue weighted by molar-refractivity contribution is -0.140. The number of ether oxygens (including phenoxy) is 2. The molecule has 224 valence electrons. The van der Waals surface area contributed by atoms with Crippen LogP contribution in [-0.4, -0.2) is 62.7 Å². The van der Waals surface area contributed by atoms with Crippen LogP contribution in [-0.2, 0) is 32.6 Å². The first kappa shape index (κ1) is 31.2. The van der Waals surface area contributed by atoms with Crippen molar-refractivity contribution in [3.63, 3.8) is 0 Å². The summed E-state index contributed by atoms with van der Waals surface area (Å²) in [7, 11) is -3.90. The molecule has 0 saturated heterocycles. The van der Waals surface area contributed by atoms with E-state index in [-0.39, 0.29) is 36.4 Å². The molecule has 1 aliphatic rings. The van der Waals surface area contributed by atoms with Gasteiger partial charge in [0, 0.05) is 30.1 Å². The van der Waals surface area contributed by atoms with Crippen LogP contribution in [0.15, 0.2) is 72.8 Å². The molecule has 0 saturated carbocycles.